The second-order valence-corrected chi connectivity index (χ2v) is 7.32. The molecule has 158 valence electrons. The average Bonchev–Trinajstić information content (AvgIpc) is 2.74. The molecule has 0 radical (unpaired) electrons. The Morgan fingerprint density at radius 2 is 1.65 bits per heavy atom. The Bertz CT molecular complexity index is 1100. The lowest BCUT2D eigenvalue weighted by Crippen LogP contribution is -2.24. The molecule has 0 aromatic heterocycles. The van der Waals surface area contributed by atoms with Gasteiger partial charge >= 0.3 is 5.97 Å². The lowest BCUT2D eigenvalue weighted by atomic mass is 10.2. The average molecular weight is 457 g/mol. The number of aryl methyl sites for hydroxylation is 1. The van der Waals surface area contributed by atoms with Gasteiger partial charge in [-0.25, -0.2) is 10.2 Å². The molecule has 0 saturated carbocycles. The third kappa shape index (κ3) is 6.84. The summed E-state index contributed by atoms with van der Waals surface area (Å²) < 4.78 is 10.7. The maximum atomic E-state index is 12.2. The predicted octanol–water partition coefficient (Wildman–Crippen LogP) is 5.05. The summed E-state index contributed by atoms with van der Waals surface area (Å²) in [6.45, 7) is 1.82. The highest BCUT2D eigenvalue weighted by Crippen LogP contribution is 2.23. The van der Waals surface area contributed by atoms with Crippen LogP contribution in [0.1, 0.15) is 21.5 Å². The van der Waals surface area contributed by atoms with Crippen molar-refractivity contribution in [1.29, 1.82) is 0 Å². The monoisotopic (exact) mass is 456 g/mol. The zero-order valence-corrected chi connectivity index (χ0v) is 18.0. The number of nitrogens with one attached hydrogen (secondary N) is 1. The van der Waals surface area contributed by atoms with E-state index in [1.165, 1.54) is 18.3 Å². The van der Waals surface area contributed by atoms with Crippen molar-refractivity contribution in [2.75, 3.05) is 6.61 Å². The fourth-order valence-electron chi connectivity index (χ4n) is 2.43. The van der Waals surface area contributed by atoms with E-state index in [9.17, 15) is 9.59 Å². The van der Waals surface area contributed by atoms with E-state index in [-0.39, 0.29) is 23.1 Å². The molecule has 1 amide bonds. The van der Waals surface area contributed by atoms with E-state index < -0.39 is 5.97 Å². The highest BCUT2D eigenvalue weighted by Gasteiger charge is 2.13. The number of hydrogen-bond donors (Lipinski definition) is 1. The molecule has 0 unspecified atom stereocenters. The van der Waals surface area contributed by atoms with Crippen molar-refractivity contribution in [3.63, 3.8) is 0 Å². The number of nitrogens with zero attached hydrogens (tertiary/aromatic N) is 1. The van der Waals surface area contributed by atoms with Gasteiger partial charge in [-0.3, -0.25) is 4.79 Å². The second-order valence-electron chi connectivity index (χ2n) is 6.48. The van der Waals surface area contributed by atoms with Gasteiger partial charge in [-0.1, -0.05) is 40.9 Å². The van der Waals surface area contributed by atoms with Crippen LogP contribution in [0.3, 0.4) is 0 Å². The number of amides is 1. The van der Waals surface area contributed by atoms with Gasteiger partial charge in [0.25, 0.3) is 5.91 Å². The third-order valence-corrected chi connectivity index (χ3v) is 4.58. The van der Waals surface area contributed by atoms with Crippen molar-refractivity contribution in [3.05, 3.63) is 93.5 Å². The van der Waals surface area contributed by atoms with Crippen LogP contribution in [0.25, 0.3) is 0 Å². The van der Waals surface area contributed by atoms with Crippen molar-refractivity contribution in [1.82, 2.24) is 5.43 Å². The first-order chi connectivity index (χ1) is 14.9. The van der Waals surface area contributed by atoms with Gasteiger partial charge in [0.1, 0.15) is 11.5 Å². The number of ether oxygens (including phenoxy) is 2. The molecular weight excluding hydrogens is 439 g/mol. The SMILES string of the molecule is Cc1ccc(OCC(=O)NN=Cc2ccc(OC(=O)c3ccc(Cl)cc3Cl)cc2)cc1. The number of hydrazone groups is 1. The van der Waals surface area contributed by atoms with E-state index in [2.05, 4.69) is 10.5 Å². The van der Waals surface area contributed by atoms with Crippen molar-refractivity contribution in [2.45, 2.75) is 6.92 Å². The van der Waals surface area contributed by atoms with Crippen LogP contribution >= 0.6 is 23.2 Å². The van der Waals surface area contributed by atoms with Crippen LogP contribution in [0.15, 0.2) is 71.8 Å². The number of halogens is 2. The molecule has 0 fully saturated rings. The van der Waals surface area contributed by atoms with Crippen LogP contribution < -0.4 is 14.9 Å². The molecule has 0 aliphatic heterocycles. The Balaban J connectivity index is 1.48. The van der Waals surface area contributed by atoms with Crippen LogP contribution in [-0.4, -0.2) is 24.7 Å². The molecule has 6 nitrogen and oxygen atoms in total. The summed E-state index contributed by atoms with van der Waals surface area (Å²) in [6, 6.07) is 18.5. The maximum Gasteiger partial charge on any atom is 0.345 e. The van der Waals surface area contributed by atoms with Crippen LogP contribution in [0, 0.1) is 6.92 Å². The second kappa shape index (κ2) is 10.6. The Morgan fingerprint density at radius 3 is 2.32 bits per heavy atom. The summed E-state index contributed by atoms with van der Waals surface area (Å²) in [4.78, 5) is 24.0. The summed E-state index contributed by atoms with van der Waals surface area (Å²) >= 11 is 11.8. The van der Waals surface area contributed by atoms with Crippen LogP contribution in [0.4, 0.5) is 0 Å². The zero-order chi connectivity index (χ0) is 22.2. The van der Waals surface area contributed by atoms with E-state index in [0.29, 0.717) is 22.1 Å². The standard InChI is InChI=1S/C23H18Cl2N2O4/c1-15-2-7-18(8-3-15)30-14-22(28)27-26-13-16-4-9-19(10-5-16)31-23(29)20-11-6-17(24)12-21(20)25/h2-13H,14H2,1H3,(H,27,28). The molecule has 3 rings (SSSR count). The minimum atomic E-state index is -0.594. The summed E-state index contributed by atoms with van der Waals surface area (Å²) in [5.41, 5.74) is 4.41. The smallest absolute Gasteiger partial charge is 0.345 e. The van der Waals surface area contributed by atoms with Crippen molar-refractivity contribution < 1.29 is 19.1 Å². The maximum absolute atomic E-state index is 12.2. The summed E-state index contributed by atoms with van der Waals surface area (Å²) in [5.74, 6) is -0.0374. The lowest BCUT2D eigenvalue weighted by molar-refractivity contribution is -0.123. The third-order valence-electron chi connectivity index (χ3n) is 4.04. The summed E-state index contributed by atoms with van der Waals surface area (Å²) in [5, 5.41) is 4.52. The Hall–Kier alpha value is -3.35. The molecule has 1 N–H and O–H groups in total. The van der Waals surface area contributed by atoms with Gasteiger partial charge in [0.05, 0.1) is 16.8 Å². The van der Waals surface area contributed by atoms with Gasteiger partial charge < -0.3 is 9.47 Å². The van der Waals surface area contributed by atoms with Gasteiger partial charge in [0.15, 0.2) is 6.61 Å². The van der Waals surface area contributed by atoms with Crippen LogP contribution in [0.2, 0.25) is 10.0 Å². The number of carbonyl (C=O) groups is 2. The first-order valence-electron chi connectivity index (χ1n) is 9.19. The van der Waals surface area contributed by atoms with Gasteiger partial charge in [-0.05, 0) is 67.1 Å². The van der Waals surface area contributed by atoms with Crippen molar-refractivity contribution in [2.24, 2.45) is 5.10 Å². The number of benzene rings is 3. The molecule has 0 saturated heterocycles. The first-order valence-corrected chi connectivity index (χ1v) is 9.95. The van der Waals surface area contributed by atoms with E-state index in [1.54, 1.807) is 42.5 Å². The molecule has 3 aromatic carbocycles. The predicted molar refractivity (Wildman–Crippen MR) is 120 cm³/mol. The molecule has 8 heteroatoms. The molecule has 0 bridgehead atoms. The molecule has 0 aliphatic rings. The van der Waals surface area contributed by atoms with Crippen LogP contribution in [-0.2, 0) is 4.79 Å². The molecule has 3 aromatic rings. The largest absolute Gasteiger partial charge is 0.484 e. The minimum Gasteiger partial charge on any atom is -0.484 e. The summed E-state index contributed by atoms with van der Waals surface area (Å²) in [6.07, 6.45) is 1.46. The Labute approximate surface area is 189 Å². The fraction of sp³-hybridized carbons (Fsp3) is 0.0870. The van der Waals surface area contributed by atoms with Gasteiger partial charge in [-0.2, -0.15) is 5.10 Å². The molecule has 0 aliphatic carbocycles. The highest BCUT2D eigenvalue weighted by atomic mass is 35.5. The van der Waals surface area contributed by atoms with E-state index in [4.69, 9.17) is 32.7 Å². The molecular formula is C23H18Cl2N2O4. The van der Waals surface area contributed by atoms with E-state index >= 15 is 0 Å². The molecule has 0 heterocycles. The van der Waals surface area contributed by atoms with Gasteiger partial charge in [0.2, 0.25) is 0 Å². The lowest BCUT2D eigenvalue weighted by Gasteiger charge is -2.06. The van der Waals surface area contributed by atoms with Crippen molar-refractivity contribution >= 4 is 41.3 Å². The van der Waals surface area contributed by atoms with Gasteiger partial charge in [-0.15, -0.1) is 0 Å². The quantitative estimate of drug-likeness (QED) is 0.233. The topological polar surface area (TPSA) is 77.0 Å². The Kier molecular flexibility index (Phi) is 7.65. The Morgan fingerprint density at radius 1 is 0.968 bits per heavy atom. The van der Waals surface area contributed by atoms with Crippen molar-refractivity contribution in [3.8, 4) is 11.5 Å². The highest BCUT2D eigenvalue weighted by molar-refractivity contribution is 6.36. The number of esters is 1. The number of carbonyl (C=O) groups excluding carboxylic acids is 2. The first kappa shape index (κ1) is 22.3. The zero-order valence-electron chi connectivity index (χ0n) is 16.5. The number of hydrogen-bond acceptors (Lipinski definition) is 5. The normalized spacial score (nSPS) is 10.7. The molecule has 0 spiro atoms. The van der Waals surface area contributed by atoms with Gasteiger partial charge in [0, 0.05) is 5.02 Å². The summed E-state index contributed by atoms with van der Waals surface area (Å²) in [7, 11) is 0. The minimum absolute atomic E-state index is 0.150. The van der Waals surface area contributed by atoms with E-state index in [0.717, 1.165) is 5.56 Å². The van der Waals surface area contributed by atoms with Crippen LogP contribution in [0.5, 0.6) is 11.5 Å². The molecule has 0 atom stereocenters. The molecule has 31 heavy (non-hydrogen) atoms. The fourth-order valence-corrected chi connectivity index (χ4v) is 2.92. The van der Waals surface area contributed by atoms with E-state index in [1.807, 2.05) is 19.1 Å². The number of rotatable bonds is 7.